The molecule has 0 aliphatic heterocycles. The summed E-state index contributed by atoms with van der Waals surface area (Å²) in [7, 11) is 0. The van der Waals surface area contributed by atoms with Gasteiger partial charge in [-0.1, -0.05) is 20.4 Å². The molecule has 0 fully saturated rings. The molecule has 3 heteroatoms. The molecule has 1 atom stereocenters. The molecule has 0 saturated heterocycles. The predicted octanol–water partition coefficient (Wildman–Crippen LogP) is 3.87. The van der Waals surface area contributed by atoms with Crippen LogP contribution in [0.25, 0.3) is 0 Å². The Bertz CT molecular complexity index is 294. The molecule has 0 bridgehead atoms. The van der Waals surface area contributed by atoms with Crippen molar-refractivity contribution in [1.29, 1.82) is 0 Å². The maximum atomic E-state index is 11.6. The van der Waals surface area contributed by atoms with Crippen LogP contribution >= 0.6 is 0 Å². The normalized spacial score (nSPS) is 15.0. The molecule has 0 N–H and O–H groups in total. The van der Waals surface area contributed by atoms with Gasteiger partial charge in [0.05, 0.1) is 12.2 Å². The maximum Gasteiger partial charge on any atom is 0.333 e. The minimum Gasteiger partial charge on any atom is -0.456 e. The molecular weight excluding hydrogens is 228 g/mol. The molecule has 1 unspecified atom stereocenters. The zero-order valence-corrected chi connectivity index (χ0v) is 12.8. The standard InChI is InChI=1S/C15H28O3/c1-8-14(5,6)17-11-10-15(7,9-2)18-13(16)12(3)4/h3,8-11H2,1-2,4-7H3. The summed E-state index contributed by atoms with van der Waals surface area (Å²) >= 11 is 0. The van der Waals surface area contributed by atoms with Gasteiger partial charge < -0.3 is 9.47 Å². The van der Waals surface area contributed by atoms with E-state index in [-0.39, 0.29) is 11.6 Å². The van der Waals surface area contributed by atoms with Crippen LogP contribution in [0.3, 0.4) is 0 Å². The summed E-state index contributed by atoms with van der Waals surface area (Å²) in [6.07, 6.45) is 2.43. The van der Waals surface area contributed by atoms with E-state index in [0.717, 1.165) is 12.8 Å². The highest BCUT2D eigenvalue weighted by atomic mass is 16.6. The van der Waals surface area contributed by atoms with Crippen LogP contribution in [-0.4, -0.2) is 23.8 Å². The van der Waals surface area contributed by atoms with Gasteiger partial charge in [0.25, 0.3) is 0 Å². The average Bonchev–Trinajstić information content (AvgIpc) is 2.28. The van der Waals surface area contributed by atoms with Crippen molar-refractivity contribution in [2.45, 2.75) is 72.0 Å². The second kappa shape index (κ2) is 6.93. The molecule has 0 spiro atoms. The Kier molecular flexibility index (Phi) is 6.61. The lowest BCUT2D eigenvalue weighted by molar-refractivity contribution is -0.156. The third kappa shape index (κ3) is 6.20. The van der Waals surface area contributed by atoms with E-state index in [9.17, 15) is 4.79 Å². The number of carbonyl (C=O) groups is 1. The Morgan fingerprint density at radius 3 is 2.11 bits per heavy atom. The molecule has 0 rings (SSSR count). The van der Waals surface area contributed by atoms with Crippen LogP contribution in [0.1, 0.15) is 60.8 Å². The number of ether oxygens (including phenoxy) is 2. The van der Waals surface area contributed by atoms with Crippen LogP contribution in [-0.2, 0) is 14.3 Å². The van der Waals surface area contributed by atoms with E-state index in [2.05, 4.69) is 27.4 Å². The zero-order chi connectivity index (χ0) is 14.4. The molecule has 0 aromatic heterocycles. The van der Waals surface area contributed by atoms with Crippen molar-refractivity contribution in [3.8, 4) is 0 Å². The molecule has 0 heterocycles. The fraction of sp³-hybridized carbons (Fsp3) is 0.800. The summed E-state index contributed by atoms with van der Waals surface area (Å²) in [5.74, 6) is -0.325. The predicted molar refractivity (Wildman–Crippen MR) is 74.5 cm³/mol. The molecule has 18 heavy (non-hydrogen) atoms. The maximum absolute atomic E-state index is 11.6. The van der Waals surface area contributed by atoms with E-state index in [1.54, 1.807) is 6.92 Å². The summed E-state index contributed by atoms with van der Waals surface area (Å²) < 4.78 is 11.3. The van der Waals surface area contributed by atoms with Gasteiger partial charge in [0, 0.05) is 12.0 Å². The Morgan fingerprint density at radius 1 is 1.17 bits per heavy atom. The minimum absolute atomic E-state index is 0.118. The molecule has 0 aliphatic rings. The Morgan fingerprint density at radius 2 is 1.72 bits per heavy atom. The average molecular weight is 256 g/mol. The minimum atomic E-state index is -0.472. The number of rotatable bonds is 8. The smallest absolute Gasteiger partial charge is 0.333 e. The quantitative estimate of drug-likeness (QED) is 0.488. The molecule has 3 nitrogen and oxygen atoms in total. The lowest BCUT2D eigenvalue weighted by atomic mass is 9.98. The number of esters is 1. The van der Waals surface area contributed by atoms with Crippen molar-refractivity contribution in [2.75, 3.05) is 6.61 Å². The van der Waals surface area contributed by atoms with Gasteiger partial charge >= 0.3 is 5.97 Å². The van der Waals surface area contributed by atoms with E-state index in [1.807, 2.05) is 13.8 Å². The first-order valence-corrected chi connectivity index (χ1v) is 6.68. The second-order valence-electron chi connectivity index (χ2n) is 5.69. The summed E-state index contributed by atoms with van der Waals surface area (Å²) in [4.78, 5) is 11.6. The van der Waals surface area contributed by atoms with Crippen molar-refractivity contribution < 1.29 is 14.3 Å². The molecule has 0 amide bonds. The van der Waals surface area contributed by atoms with Gasteiger partial charge in [-0.15, -0.1) is 0 Å². The first kappa shape index (κ1) is 17.2. The molecule has 106 valence electrons. The third-order valence-electron chi connectivity index (χ3n) is 3.41. The monoisotopic (exact) mass is 256 g/mol. The van der Waals surface area contributed by atoms with Crippen LogP contribution in [0.2, 0.25) is 0 Å². The van der Waals surface area contributed by atoms with E-state index in [4.69, 9.17) is 9.47 Å². The van der Waals surface area contributed by atoms with Crippen molar-refractivity contribution in [1.82, 2.24) is 0 Å². The first-order chi connectivity index (χ1) is 8.16. The molecule has 0 saturated carbocycles. The van der Waals surface area contributed by atoms with E-state index in [0.29, 0.717) is 18.6 Å². The molecule has 0 aliphatic carbocycles. The zero-order valence-electron chi connectivity index (χ0n) is 12.8. The lowest BCUT2D eigenvalue weighted by Crippen LogP contribution is -2.34. The Labute approximate surface area is 112 Å². The largest absolute Gasteiger partial charge is 0.456 e. The number of carbonyl (C=O) groups excluding carboxylic acids is 1. The van der Waals surface area contributed by atoms with E-state index >= 15 is 0 Å². The van der Waals surface area contributed by atoms with Crippen LogP contribution < -0.4 is 0 Å². The first-order valence-electron chi connectivity index (χ1n) is 6.68. The fourth-order valence-corrected chi connectivity index (χ4v) is 1.26. The second-order valence-corrected chi connectivity index (χ2v) is 5.69. The van der Waals surface area contributed by atoms with Crippen molar-refractivity contribution >= 4 is 5.97 Å². The van der Waals surface area contributed by atoms with E-state index < -0.39 is 5.60 Å². The molecule has 0 aromatic rings. The van der Waals surface area contributed by atoms with Crippen LogP contribution in [0.15, 0.2) is 12.2 Å². The van der Waals surface area contributed by atoms with Gasteiger partial charge in [0.15, 0.2) is 0 Å². The summed E-state index contributed by atoms with van der Waals surface area (Å²) in [5, 5.41) is 0. The van der Waals surface area contributed by atoms with Crippen LogP contribution in [0.4, 0.5) is 0 Å². The van der Waals surface area contributed by atoms with Gasteiger partial charge in [-0.25, -0.2) is 4.79 Å². The van der Waals surface area contributed by atoms with Gasteiger partial charge in [-0.3, -0.25) is 0 Å². The molecule has 0 radical (unpaired) electrons. The summed E-state index contributed by atoms with van der Waals surface area (Å²) in [6, 6.07) is 0. The Hall–Kier alpha value is -0.830. The highest BCUT2D eigenvalue weighted by Gasteiger charge is 2.28. The van der Waals surface area contributed by atoms with Crippen LogP contribution in [0, 0.1) is 0 Å². The molecular formula is C15H28O3. The van der Waals surface area contributed by atoms with Gasteiger partial charge in [-0.05, 0) is 40.5 Å². The van der Waals surface area contributed by atoms with Crippen LogP contribution in [0.5, 0.6) is 0 Å². The third-order valence-corrected chi connectivity index (χ3v) is 3.41. The summed E-state index contributed by atoms with van der Waals surface area (Å²) in [5.41, 5.74) is -0.156. The molecule has 0 aromatic carbocycles. The SMILES string of the molecule is C=C(C)C(=O)OC(C)(CC)CCOC(C)(C)CC. The fourth-order valence-electron chi connectivity index (χ4n) is 1.26. The van der Waals surface area contributed by atoms with Gasteiger partial charge in [-0.2, -0.15) is 0 Å². The number of hydrogen-bond donors (Lipinski definition) is 0. The lowest BCUT2D eigenvalue weighted by Gasteiger charge is -2.31. The Balaban J connectivity index is 4.32. The van der Waals surface area contributed by atoms with Gasteiger partial charge in [0.1, 0.15) is 5.60 Å². The van der Waals surface area contributed by atoms with Crippen molar-refractivity contribution in [3.63, 3.8) is 0 Å². The van der Waals surface area contributed by atoms with E-state index in [1.165, 1.54) is 0 Å². The number of hydrogen-bond acceptors (Lipinski definition) is 3. The van der Waals surface area contributed by atoms with Crippen molar-refractivity contribution in [2.24, 2.45) is 0 Å². The van der Waals surface area contributed by atoms with Gasteiger partial charge in [0.2, 0.25) is 0 Å². The highest BCUT2D eigenvalue weighted by Crippen LogP contribution is 2.23. The summed E-state index contributed by atoms with van der Waals surface area (Å²) in [6.45, 7) is 16.0. The highest BCUT2D eigenvalue weighted by molar-refractivity contribution is 5.87. The topological polar surface area (TPSA) is 35.5 Å². The van der Waals surface area contributed by atoms with Crippen molar-refractivity contribution in [3.05, 3.63) is 12.2 Å².